The van der Waals surface area contributed by atoms with Crippen molar-refractivity contribution in [3.05, 3.63) is 53.6 Å². The van der Waals surface area contributed by atoms with E-state index < -0.39 is 0 Å². The summed E-state index contributed by atoms with van der Waals surface area (Å²) in [5, 5.41) is 2.83. The number of para-hydroxylation sites is 2. The van der Waals surface area contributed by atoms with E-state index in [1.165, 1.54) is 0 Å². The first kappa shape index (κ1) is 15.9. The van der Waals surface area contributed by atoms with Crippen molar-refractivity contribution in [3.63, 3.8) is 0 Å². The molecule has 2 aromatic rings. The summed E-state index contributed by atoms with van der Waals surface area (Å²) in [5.74, 6) is 1.34. The summed E-state index contributed by atoms with van der Waals surface area (Å²) in [6.07, 6.45) is 0.283. The lowest BCUT2D eigenvalue weighted by Gasteiger charge is -2.11. The minimum atomic E-state index is -0.103. The summed E-state index contributed by atoms with van der Waals surface area (Å²) in [4.78, 5) is 12.0. The summed E-state index contributed by atoms with van der Waals surface area (Å²) in [6.45, 7) is 4.38. The topological polar surface area (TPSA) is 47.6 Å². The molecule has 0 aliphatic carbocycles. The fraction of sp³-hybridized carbons (Fsp3) is 0.278. The Morgan fingerprint density at radius 1 is 1.09 bits per heavy atom. The molecule has 0 atom stereocenters. The van der Waals surface area contributed by atoms with Crippen LogP contribution in [-0.4, -0.2) is 19.6 Å². The lowest BCUT2D eigenvalue weighted by molar-refractivity contribution is -0.116. The molecule has 0 aliphatic heterocycles. The van der Waals surface area contributed by atoms with E-state index in [-0.39, 0.29) is 12.3 Å². The van der Waals surface area contributed by atoms with Crippen molar-refractivity contribution in [2.24, 2.45) is 0 Å². The highest BCUT2D eigenvalue weighted by Crippen LogP contribution is 2.23. The molecule has 2 aromatic carbocycles. The van der Waals surface area contributed by atoms with E-state index in [1.54, 1.807) is 7.11 Å². The molecule has 116 valence electrons. The van der Waals surface area contributed by atoms with Gasteiger partial charge in [-0.25, -0.2) is 0 Å². The number of hydrogen-bond donors (Lipinski definition) is 1. The molecular weight excluding hydrogens is 278 g/mol. The maximum atomic E-state index is 12.0. The number of rotatable bonds is 6. The lowest BCUT2D eigenvalue weighted by Crippen LogP contribution is -2.15. The van der Waals surface area contributed by atoms with Crippen LogP contribution in [0.25, 0.3) is 0 Å². The molecule has 0 aromatic heterocycles. The van der Waals surface area contributed by atoms with E-state index in [4.69, 9.17) is 9.47 Å². The van der Waals surface area contributed by atoms with Crippen LogP contribution in [0.15, 0.2) is 42.5 Å². The Morgan fingerprint density at radius 3 is 2.45 bits per heavy atom. The number of hydrogen-bond acceptors (Lipinski definition) is 3. The van der Waals surface area contributed by atoms with Gasteiger partial charge in [0, 0.05) is 0 Å². The van der Waals surface area contributed by atoms with Gasteiger partial charge in [-0.2, -0.15) is 0 Å². The number of anilines is 1. The second kappa shape index (κ2) is 7.50. The number of carbonyl (C=O) groups excluding carboxylic acids is 1. The lowest BCUT2D eigenvalue weighted by atomic mass is 10.1. The minimum absolute atomic E-state index is 0.103. The number of carbonyl (C=O) groups is 1. The van der Waals surface area contributed by atoms with Crippen LogP contribution in [0.1, 0.15) is 17.5 Å². The van der Waals surface area contributed by atoms with E-state index in [1.807, 2.05) is 50.2 Å². The smallest absolute Gasteiger partial charge is 0.227 e. The fourth-order valence-electron chi connectivity index (χ4n) is 2.24. The number of nitrogens with one attached hydrogen (secondary N) is 1. The van der Waals surface area contributed by atoms with Crippen LogP contribution >= 0.6 is 0 Å². The first-order chi connectivity index (χ1) is 10.6. The largest absolute Gasteiger partial charge is 0.495 e. The molecule has 0 bridgehead atoms. The molecule has 0 unspecified atom stereocenters. The summed E-state index contributed by atoms with van der Waals surface area (Å²) in [7, 11) is 1.58. The monoisotopic (exact) mass is 299 g/mol. The number of aryl methyl sites for hydroxylation is 2. The first-order valence-corrected chi connectivity index (χ1v) is 7.22. The van der Waals surface area contributed by atoms with Gasteiger partial charge in [0.25, 0.3) is 0 Å². The van der Waals surface area contributed by atoms with Crippen LogP contribution in [0.4, 0.5) is 5.69 Å². The predicted molar refractivity (Wildman–Crippen MR) is 87.7 cm³/mol. The normalized spacial score (nSPS) is 10.1. The third-order valence-corrected chi connectivity index (χ3v) is 3.17. The number of methoxy groups -OCH3 is 1. The highest BCUT2D eigenvalue weighted by molar-refractivity contribution is 5.92. The maximum absolute atomic E-state index is 12.0. The molecule has 4 nitrogen and oxygen atoms in total. The quantitative estimate of drug-likeness (QED) is 0.884. The molecule has 0 radical (unpaired) electrons. The van der Waals surface area contributed by atoms with E-state index in [0.29, 0.717) is 18.0 Å². The van der Waals surface area contributed by atoms with Crippen molar-refractivity contribution in [2.75, 3.05) is 19.0 Å². The third-order valence-electron chi connectivity index (χ3n) is 3.17. The Labute approximate surface area is 131 Å². The van der Waals surface area contributed by atoms with Gasteiger partial charge >= 0.3 is 0 Å². The van der Waals surface area contributed by atoms with Gasteiger partial charge in [0.1, 0.15) is 11.5 Å². The van der Waals surface area contributed by atoms with Crippen LogP contribution in [0.5, 0.6) is 11.5 Å². The average molecular weight is 299 g/mol. The second-order valence-electron chi connectivity index (χ2n) is 5.17. The van der Waals surface area contributed by atoms with Gasteiger partial charge in [0.2, 0.25) is 5.91 Å². The Balaban J connectivity index is 1.85. The van der Waals surface area contributed by atoms with Crippen molar-refractivity contribution in [1.82, 2.24) is 0 Å². The van der Waals surface area contributed by atoms with Crippen molar-refractivity contribution >= 4 is 11.6 Å². The Kier molecular flexibility index (Phi) is 5.42. The zero-order valence-electron chi connectivity index (χ0n) is 13.2. The molecule has 1 N–H and O–H groups in total. The molecule has 2 rings (SSSR count). The fourth-order valence-corrected chi connectivity index (χ4v) is 2.24. The van der Waals surface area contributed by atoms with Gasteiger partial charge in [0.15, 0.2) is 0 Å². The van der Waals surface area contributed by atoms with Gasteiger partial charge < -0.3 is 14.8 Å². The Bertz CT molecular complexity index is 632. The molecule has 0 heterocycles. The summed E-state index contributed by atoms with van der Waals surface area (Å²) in [5.41, 5.74) is 2.96. The molecule has 1 amide bonds. The standard InChI is InChI=1S/C18H21NO3/c1-13-10-14(2)12-15(11-13)22-9-8-18(20)19-16-6-4-5-7-17(16)21-3/h4-7,10-12H,8-9H2,1-3H3,(H,19,20). The average Bonchev–Trinajstić information content (AvgIpc) is 2.46. The molecule has 0 spiro atoms. The molecule has 0 fully saturated rings. The van der Waals surface area contributed by atoms with Crippen LogP contribution < -0.4 is 14.8 Å². The van der Waals surface area contributed by atoms with Crippen LogP contribution in [0.2, 0.25) is 0 Å². The van der Waals surface area contributed by atoms with Gasteiger partial charge in [-0.3, -0.25) is 4.79 Å². The highest BCUT2D eigenvalue weighted by atomic mass is 16.5. The summed E-state index contributed by atoms with van der Waals surface area (Å²) >= 11 is 0. The van der Waals surface area contributed by atoms with E-state index >= 15 is 0 Å². The predicted octanol–water partition coefficient (Wildman–Crippen LogP) is 3.72. The van der Waals surface area contributed by atoms with Gasteiger partial charge in [-0.1, -0.05) is 18.2 Å². The molecule has 0 saturated carbocycles. The second-order valence-corrected chi connectivity index (χ2v) is 5.17. The Morgan fingerprint density at radius 2 is 1.77 bits per heavy atom. The van der Waals surface area contributed by atoms with Crippen LogP contribution in [0.3, 0.4) is 0 Å². The maximum Gasteiger partial charge on any atom is 0.227 e. The minimum Gasteiger partial charge on any atom is -0.495 e. The van der Waals surface area contributed by atoms with Crippen molar-refractivity contribution < 1.29 is 14.3 Å². The van der Waals surface area contributed by atoms with Crippen molar-refractivity contribution in [2.45, 2.75) is 20.3 Å². The molecular formula is C18H21NO3. The van der Waals surface area contributed by atoms with Crippen LogP contribution in [0, 0.1) is 13.8 Å². The molecule has 0 saturated heterocycles. The highest BCUT2D eigenvalue weighted by Gasteiger charge is 2.07. The molecule has 4 heteroatoms. The Hall–Kier alpha value is -2.49. The first-order valence-electron chi connectivity index (χ1n) is 7.22. The van der Waals surface area contributed by atoms with E-state index in [2.05, 4.69) is 11.4 Å². The summed E-state index contributed by atoms with van der Waals surface area (Å²) in [6, 6.07) is 13.3. The zero-order chi connectivity index (χ0) is 15.9. The number of benzene rings is 2. The van der Waals surface area contributed by atoms with E-state index in [0.717, 1.165) is 16.9 Å². The van der Waals surface area contributed by atoms with Gasteiger partial charge in [-0.15, -0.1) is 0 Å². The zero-order valence-corrected chi connectivity index (χ0v) is 13.2. The van der Waals surface area contributed by atoms with Crippen molar-refractivity contribution in [1.29, 1.82) is 0 Å². The number of ether oxygens (including phenoxy) is 2. The van der Waals surface area contributed by atoms with Crippen molar-refractivity contribution in [3.8, 4) is 11.5 Å². The van der Waals surface area contributed by atoms with Gasteiger partial charge in [-0.05, 0) is 49.2 Å². The van der Waals surface area contributed by atoms with Gasteiger partial charge in [0.05, 0.1) is 25.8 Å². The SMILES string of the molecule is COc1ccccc1NC(=O)CCOc1cc(C)cc(C)c1. The molecule has 22 heavy (non-hydrogen) atoms. The van der Waals surface area contributed by atoms with E-state index in [9.17, 15) is 4.79 Å². The number of amides is 1. The third kappa shape index (κ3) is 4.52. The molecule has 0 aliphatic rings. The van der Waals surface area contributed by atoms with Crippen LogP contribution in [-0.2, 0) is 4.79 Å². The summed E-state index contributed by atoms with van der Waals surface area (Å²) < 4.78 is 10.8.